The topological polar surface area (TPSA) is 63.4 Å². The molecule has 1 atom stereocenters. The van der Waals surface area contributed by atoms with Crippen LogP contribution in [0, 0.1) is 6.92 Å². The van der Waals surface area contributed by atoms with Gasteiger partial charge in [-0.05, 0) is 43.3 Å². The summed E-state index contributed by atoms with van der Waals surface area (Å²) in [5.41, 5.74) is 6.77. The van der Waals surface area contributed by atoms with E-state index in [9.17, 15) is 8.42 Å². The van der Waals surface area contributed by atoms with Crippen LogP contribution < -0.4 is 5.73 Å². The van der Waals surface area contributed by atoms with E-state index in [0.29, 0.717) is 18.0 Å². The summed E-state index contributed by atoms with van der Waals surface area (Å²) in [5, 5.41) is 2.04. The molecule has 0 amide bonds. The van der Waals surface area contributed by atoms with Gasteiger partial charge in [-0.25, -0.2) is 8.42 Å². The Kier molecular flexibility index (Phi) is 3.96. The lowest BCUT2D eigenvalue weighted by molar-refractivity contribution is 0.329. The van der Waals surface area contributed by atoms with Gasteiger partial charge in [-0.2, -0.15) is 4.31 Å². The first-order valence-corrected chi connectivity index (χ1v) is 9.96. The lowest BCUT2D eigenvalue weighted by Crippen LogP contribution is -2.38. The highest BCUT2D eigenvalue weighted by atomic mass is 32.2. The van der Waals surface area contributed by atoms with Crippen LogP contribution in [0.5, 0.6) is 0 Å². The first kappa shape index (κ1) is 15.2. The zero-order chi connectivity index (χ0) is 15.2. The Morgan fingerprint density at radius 3 is 2.90 bits per heavy atom. The van der Waals surface area contributed by atoms with Crippen LogP contribution in [0.25, 0.3) is 0 Å². The van der Waals surface area contributed by atoms with Crippen LogP contribution >= 0.6 is 22.7 Å². The summed E-state index contributed by atoms with van der Waals surface area (Å²) in [4.78, 5) is 3.45. The Morgan fingerprint density at radius 2 is 2.24 bits per heavy atom. The van der Waals surface area contributed by atoms with Crippen molar-refractivity contribution in [2.75, 3.05) is 6.54 Å². The van der Waals surface area contributed by atoms with E-state index < -0.39 is 10.0 Å². The number of fused-ring (bicyclic) bond motifs is 1. The summed E-state index contributed by atoms with van der Waals surface area (Å²) in [6.07, 6.45) is 0.795. The van der Waals surface area contributed by atoms with E-state index in [1.54, 1.807) is 21.7 Å². The van der Waals surface area contributed by atoms with Gasteiger partial charge in [0, 0.05) is 33.8 Å². The minimum atomic E-state index is -3.46. The molecule has 3 heterocycles. The number of nitrogens with zero attached hydrogens (tertiary/aromatic N) is 1. The molecule has 0 saturated heterocycles. The maximum Gasteiger partial charge on any atom is 0.244 e. The Bertz CT molecular complexity index is 761. The predicted octanol–water partition coefficient (Wildman–Crippen LogP) is 2.88. The highest BCUT2D eigenvalue weighted by molar-refractivity contribution is 7.89. The fraction of sp³-hybridized carbons (Fsp3) is 0.429. The molecule has 4 nitrogen and oxygen atoms in total. The van der Waals surface area contributed by atoms with Crippen LogP contribution in [-0.4, -0.2) is 19.3 Å². The zero-order valence-electron chi connectivity index (χ0n) is 12.0. The molecule has 2 aromatic heterocycles. The summed E-state index contributed by atoms with van der Waals surface area (Å²) in [6.45, 7) is 4.74. The van der Waals surface area contributed by atoms with Gasteiger partial charge in [0.15, 0.2) is 0 Å². The zero-order valence-corrected chi connectivity index (χ0v) is 14.4. The summed E-state index contributed by atoms with van der Waals surface area (Å²) in [6, 6.07) is 3.66. The second kappa shape index (κ2) is 5.48. The molecule has 3 rings (SSSR count). The summed E-state index contributed by atoms with van der Waals surface area (Å²) >= 11 is 3.18. The van der Waals surface area contributed by atoms with Gasteiger partial charge >= 0.3 is 0 Å². The third-order valence-electron chi connectivity index (χ3n) is 3.93. The number of thiophene rings is 2. The third-order valence-corrected chi connectivity index (χ3v) is 8.23. The van der Waals surface area contributed by atoms with Gasteiger partial charge in [0.05, 0.1) is 4.90 Å². The normalized spacial score (nSPS) is 19.7. The quantitative estimate of drug-likeness (QED) is 0.933. The van der Waals surface area contributed by atoms with E-state index in [1.807, 2.05) is 25.3 Å². The van der Waals surface area contributed by atoms with Gasteiger partial charge < -0.3 is 5.73 Å². The van der Waals surface area contributed by atoms with Crippen molar-refractivity contribution < 1.29 is 8.42 Å². The molecule has 1 aliphatic rings. The molecule has 0 aromatic carbocycles. The van der Waals surface area contributed by atoms with Crippen LogP contribution in [0.4, 0.5) is 0 Å². The van der Waals surface area contributed by atoms with Crippen LogP contribution in [0.2, 0.25) is 0 Å². The maximum absolute atomic E-state index is 13.0. The average molecular weight is 343 g/mol. The molecular formula is C14H18N2O2S3. The number of rotatable bonds is 3. The maximum atomic E-state index is 13.0. The van der Waals surface area contributed by atoms with Crippen molar-refractivity contribution in [1.29, 1.82) is 0 Å². The number of sulfonamides is 1. The van der Waals surface area contributed by atoms with Crippen LogP contribution in [0.15, 0.2) is 22.4 Å². The van der Waals surface area contributed by atoms with E-state index in [1.165, 1.54) is 16.2 Å². The smallest absolute Gasteiger partial charge is 0.244 e. The minimum Gasteiger partial charge on any atom is -0.326 e. The first-order valence-electron chi connectivity index (χ1n) is 6.82. The Balaban J connectivity index is 2.01. The highest BCUT2D eigenvalue weighted by Crippen LogP contribution is 2.38. The van der Waals surface area contributed by atoms with Gasteiger partial charge in [-0.15, -0.1) is 22.7 Å². The van der Waals surface area contributed by atoms with Crippen molar-refractivity contribution in [3.8, 4) is 0 Å². The van der Waals surface area contributed by atoms with Crippen molar-refractivity contribution in [1.82, 2.24) is 4.31 Å². The number of hydrogen-bond acceptors (Lipinski definition) is 5. The standard InChI is InChI=1S/C14H18N2O2S3/c1-9-12-4-6-19-13(12)3-5-16(9)21(17,18)14-7-11(8-15)20-10(14)2/h4,6-7,9H,3,5,8,15H2,1-2H3. The van der Waals surface area contributed by atoms with E-state index in [2.05, 4.69) is 0 Å². The first-order chi connectivity index (χ1) is 9.95. The average Bonchev–Trinajstić information content (AvgIpc) is 3.05. The molecule has 0 saturated carbocycles. The van der Waals surface area contributed by atoms with Crippen molar-refractivity contribution in [3.05, 3.63) is 37.7 Å². The SMILES string of the molecule is Cc1sc(CN)cc1S(=O)(=O)N1CCc2sccc2C1C. The second-order valence-electron chi connectivity index (χ2n) is 5.18. The van der Waals surface area contributed by atoms with E-state index in [0.717, 1.165) is 21.7 Å². The van der Waals surface area contributed by atoms with Crippen molar-refractivity contribution in [2.45, 2.75) is 37.8 Å². The fourth-order valence-corrected chi connectivity index (χ4v) is 6.88. The largest absolute Gasteiger partial charge is 0.326 e. The number of hydrogen-bond donors (Lipinski definition) is 1. The molecule has 114 valence electrons. The summed E-state index contributed by atoms with van der Waals surface area (Å²) in [5.74, 6) is 0. The molecule has 0 fully saturated rings. The molecular weight excluding hydrogens is 324 g/mol. The van der Waals surface area contributed by atoms with Crippen LogP contribution in [0.1, 0.15) is 33.2 Å². The molecule has 0 spiro atoms. The molecule has 21 heavy (non-hydrogen) atoms. The molecule has 2 aromatic rings. The van der Waals surface area contributed by atoms with Gasteiger partial charge in [0.1, 0.15) is 0 Å². The van der Waals surface area contributed by atoms with Crippen molar-refractivity contribution in [3.63, 3.8) is 0 Å². The molecule has 0 bridgehead atoms. The third kappa shape index (κ3) is 2.47. The molecule has 7 heteroatoms. The Labute approximate surface area is 133 Å². The van der Waals surface area contributed by atoms with E-state index >= 15 is 0 Å². The van der Waals surface area contributed by atoms with E-state index in [4.69, 9.17) is 5.73 Å². The predicted molar refractivity (Wildman–Crippen MR) is 87.3 cm³/mol. The highest BCUT2D eigenvalue weighted by Gasteiger charge is 2.35. The molecule has 0 radical (unpaired) electrons. The monoisotopic (exact) mass is 342 g/mol. The van der Waals surface area contributed by atoms with Crippen LogP contribution in [-0.2, 0) is 23.0 Å². The molecule has 0 aliphatic carbocycles. The van der Waals surface area contributed by atoms with Gasteiger partial charge in [0.2, 0.25) is 10.0 Å². The molecule has 1 aliphatic heterocycles. The minimum absolute atomic E-state index is 0.106. The summed E-state index contributed by atoms with van der Waals surface area (Å²) < 4.78 is 27.6. The number of nitrogens with two attached hydrogens (primary N) is 1. The van der Waals surface area contributed by atoms with Crippen LogP contribution in [0.3, 0.4) is 0 Å². The van der Waals surface area contributed by atoms with Crippen molar-refractivity contribution >= 4 is 32.7 Å². The molecule has 1 unspecified atom stereocenters. The van der Waals surface area contributed by atoms with Gasteiger partial charge in [-0.1, -0.05) is 0 Å². The lowest BCUT2D eigenvalue weighted by atomic mass is 10.0. The van der Waals surface area contributed by atoms with E-state index in [-0.39, 0.29) is 6.04 Å². The lowest BCUT2D eigenvalue weighted by Gasteiger charge is -2.32. The second-order valence-corrected chi connectivity index (χ2v) is 9.38. The fourth-order valence-electron chi connectivity index (χ4n) is 2.82. The Hall–Kier alpha value is -0.730. The number of aryl methyl sites for hydroxylation is 1. The Morgan fingerprint density at radius 1 is 1.48 bits per heavy atom. The van der Waals surface area contributed by atoms with Gasteiger partial charge in [-0.3, -0.25) is 0 Å². The van der Waals surface area contributed by atoms with Crippen molar-refractivity contribution in [2.24, 2.45) is 5.73 Å². The summed E-state index contributed by atoms with van der Waals surface area (Å²) in [7, 11) is -3.46. The molecule has 2 N–H and O–H groups in total. The van der Waals surface area contributed by atoms with Gasteiger partial charge in [0.25, 0.3) is 0 Å².